The van der Waals surface area contributed by atoms with Crippen molar-refractivity contribution in [2.24, 2.45) is 0 Å². The monoisotopic (exact) mass is 367 g/mol. The topological polar surface area (TPSA) is 70.7 Å². The molecule has 0 aliphatic carbocycles. The molecule has 2 amide bonds. The number of carbonyl (C=O) groups excluding carboxylic acids is 2. The van der Waals surface area contributed by atoms with E-state index >= 15 is 0 Å². The summed E-state index contributed by atoms with van der Waals surface area (Å²) in [7, 11) is 1.58. The fourth-order valence-corrected chi connectivity index (χ4v) is 3.42. The smallest absolute Gasteiger partial charge is 0.246 e. The number of aryl methyl sites for hydroxylation is 1. The molecule has 0 fully saturated rings. The minimum atomic E-state index is -0.173. The Bertz CT molecular complexity index is 850. The molecule has 1 aliphatic rings. The summed E-state index contributed by atoms with van der Waals surface area (Å²) in [5.41, 5.74) is 3.44. The maximum atomic E-state index is 13.0. The number of rotatable bonds is 5. The molecule has 2 aromatic carbocycles. The second kappa shape index (κ2) is 8.12. The second-order valence-corrected chi connectivity index (χ2v) is 6.73. The van der Waals surface area contributed by atoms with E-state index in [1.807, 2.05) is 23.1 Å². The fraction of sp³-hybridized carbons (Fsp3) is 0.333. The zero-order valence-electron chi connectivity index (χ0n) is 15.9. The summed E-state index contributed by atoms with van der Waals surface area (Å²) in [6.45, 7) is 3.64. The van der Waals surface area contributed by atoms with Gasteiger partial charge in [0.15, 0.2) is 0 Å². The lowest BCUT2D eigenvalue weighted by molar-refractivity contribution is -0.117. The first-order chi connectivity index (χ1) is 13.0. The standard InChI is InChI=1S/C21H25N3O3/c1-14-8-9-16-6-4-5-7-20(16)24(14)21(26)13-22-19-12-17(27-3)10-11-18(19)23-15(2)25/h4-7,10-12,14,22H,8-9,13H2,1-3H3,(H,23,25)/t14-/m1/s1. The third-order valence-corrected chi connectivity index (χ3v) is 4.76. The highest BCUT2D eigenvalue weighted by Crippen LogP contribution is 2.31. The van der Waals surface area contributed by atoms with Crippen molar-refractivity contribution in [3.63, 3.8) is 0 Å². The Labute approximate surface area is 159 Å². The van der Waals surface area contributed by atoms with Gasteiger partial charge >= 0.3 is 0 Å². The summed E-state index contributed by atoms with van der Waals surface area (Å²) in [6, 6.07) is 13.5. The lowest BCUT2D eigenvalue weighted by Crippen LogP contribution is -2.44. The molecule has 2 N–H and O–H groups in total. The van der Waals surface area contributed by atoms with Crippen LogP contribution in [0.3, 0.4) is 0 Å². The van der Waals surface area contributed by atoms with Crippen molar-refractivity contribution in [2.75, 3.05) is 29.2 Å². The van der Waals surface area contributed by atoms with E-state index in [9.17, 15) is 9.59 Å². The van der Waals surface area contributed by atoms with Crippen molar-refractivity contribution in [3.05, 3.63) is 48.0 Å². The number of anilines is 3. The molecule has 6 nitrogen and oxygen atoms in total. The molecule has 0 saturated carbocycles. The maximum absolute atomic E-state index is 13.0. The Kier molecular flexibility index (Phi) is 5.64. The Morgan fingerprint density at radius 1 is 1.19 bits per heavy atom. The van der Waals surface area contributed by atoms with E-state index in [1.54, 1.807) is 25.3 Å². The maximum Gasteiger partial charge on any atom is 0.246 e. The number of ether oxygens (including phenoxy) is 1. The van der Waals surface area contributed by atoms with Gasteiger partial charge in [0.1, 0.15) is 5.75 Å². The van der Waals surface area contributed by atoms with Crippen LogP contribution in [0.15, 0.2) is 42.5 Å². The minimum absolute atomic E-state index is 0.00811. The molecule has 2 aromatic rings. The molecule has 3 rings (SSSR count). The first-order valence-corrected chi connectivity index (χ1v) is 9.09. The number of amides is 2. The predicted octanol–water partition coefficient (Wildman–Crippen LogP) is 3.43. The van der Waals surface area contributed by atoms with E-state index < -0.39 is 0 Å². The van der Waals surface area contributed by atoms with E-state index in [2.05, 4.69) is 23.6 Å². The molecule has 1 atom stereocenters. The van der Waals surface area contributed by atoms with Crippen molar-refractivity contribution in [1.82, 2.24) is 0 Å². The van der Waals surface area contributed by atoms with Gasteiger partial charge < -0.3 is 20.3 Å². The summed E-state index contributed by atoms with van der Waals surface area (Å²) < 4.78 is 5.25. The molecular weight excluding hydrogens is 342 g/mol. The molecule has 1 heterocycles. The molecule has 0 aromatic heterocycles. The van der Waals surface area contributed by atoms with E-state index in [4.69, 9.17) is 4.74 Å². The highest BCUT2D eigenvalue weighted by molar-refractivity contribution is 5.99. The van der Waals surface area contributed by atoms with Crippen molar-refractivity contribution in [3.8, 4) is 5.75 Å². The average Bonchev–Trinajstić information content (AvgIpc) is 2.66. The average molecular weight is 367 g/mol. The summed E-state index contributed by atoms with van der Waals surface area (Å²) in [5.74, 6) is 0.468. The number of nitrogens with zero attached hydrogens (tertiary/aromatic N) is 1. The van der Waals surface area contributed by atoms with Crippen LogP contribution < -0.4 is 20.3 Å². The summed E-state index contributed by atoms with van der Waals surface area (Å²) in [6.07, 6.45) is 1.93. The van der Waals surface area contributed by atoms with Gasteiger partial charge in [-0.15, -0.1) is 0 Å². The third kappa shape index (κ3) is 4.22. The van der Waals surface area contributed by atoms with E-state index in [0.29, 0.717) is 17.1 Å². The van der Waals surface area contributed by atoms with Crippen LogP contribution in [-0.4, -0.2) is 31.5 Å². The molecule has 0 bridgehead atoms. The van der Waals surface area contributed by atoms with Crippen LogP contribution >= 0.6 is 0 Å². The molecule has 6 heteroatoms. The Balaban J connectivity index is 1.79. The van der Waals surface area contributed by atoms with Gasteiger partial charge in [0.2, 0.25) is 11.8 Å². The van der Waals surface area contributed by atoms with E-state index in [1.165, 1.54) is 12.5 Å². The summed E-state index contributed by atoms with van der Waals surface area (Å²) >= 11 is 0. The molecule has 142 valence electrons. The van der Waals surface area contributed by atoms with E-state index in [0.717, 1.165) is 18.5 Å². The van der Waals surface area contributed by atoms with Crippen LogP contribution in [0.5, 0.6) is 5.75 Å². The number of hydrogen-bond acceptors (Lipinski definition) is 4. The number of fused-ring (bicyclic) bond motifs is 1. The molecule has 0 saturated heterocycles. The number of methoxy groups -OCH3 is 1. The van der Waals surface area contributed by atoms with Gasteiger partial charge in [-0.25, -0.2) is 0 Å². The molecule has 0 spiro atoms. The Hall–Kier alpha value is -3.02. The predicted molar refractivity (Wildman–Crippen MR) is 107 cm³/mol. The summed E-state index contributed by atoms with van der Waals surface area (Å²) in [4.78, 5) is 26.3. The van der Waals surface area contributed by atoms with Crippen molar-refractivity contribution < 1.29 is 14.3 Å². The molecule has 0 radical (unpaired) electrons. The molecular formula is C21H25N3O3. The van der Waals surface area contributed by atoms with Gasteiger partial charge in [0.05, 0.1) is 25.0 Å². The Morgan fingerprint density at radius 2 is 1.96 bits per heavy atom. The first kappa shape index (κ1) is 18.8. The van der Waals surface area contributed by atoms with Gasteiger partial charge in [-0.3, -0.25) is 9.59 Å². The van der Waals surface area contributed by atoms with Crippen molar-refractivity contribution >= 4 is 28.9 Å². The van der Waals surface area contributed by atoms with Crippen LogP contribution in [-0.2, 0) is 16.0 Å². The lowest BCUT2D eigenvalue weighted by atomic mass is 9.96. The van der Waals surface area contributed by atoms with Crippen LogP contribution in [0.25, 0.3) is 0 Å². The minimum Gasteiger partial charge on any atom is -0.497 e. The quantitative estimate of drug-likeness (QED) is 0.849. The highest BCUT2D eigenvalue weighted by Gasteiger charge is 2.27. The third-order valence-electron chi connectivity index (χ3n) is 4.76. The largest absolute Gasteiger partial charge is 0.497 e. The van der Waals surface area contributed by atoms with Crippen LogP contribution in [0, 0.1) is 0 Å². The number of nitrogens with one attached hydrogen (secondary N) is 2. The van der Waals surface area contributed by atoms with Gasteiger partial charge in [-0.2, -0.15) is 0 Å². The molecule has 0 unspecified atom stereocenters. The van der Waals surface area contributed by atoms with Gasteiger partial charge in [0.25, 0.3) is 0 Å². The number of carbonyl (C=O) groups is 2. The van der Waals surface area contributed by atoms with Gasteiger partial charge in [-0.1, -0.05) is 18.2 Å². The Morgan fingerprint density at radius 3 is 2.70 bits per heavy atom. The lowest BCUT2D eigenvalue weighted by Gasteiger charge is -2.35. The van der Waals surface area contributed by atoms with Crippen molar-refractivity contribution in [2.45, 2.75) is 32.7 Å². The number of hydrogen-bond donors (Lipinski definition) is 2. The van der Waals surface area contributed by atoms with Crippen molar-refractivity contribution in [1.29, 1.82) is 0 Å². The zero-order valence-corrected chi connectivity index (χ0v) is 15.9. The fourth-order valence-electron chi connectivity index (χ4n) is 3.42. The SMILES string of the molecule is COc1ccc(NC(C)=O)c(NCC(=O)N2c3ccccc3CC[C@H]2C)c1. The van der Waals surface area contributed by atoms with Gasteiger partial charge in [0, 0.05) is 24.7 Å². The normalized spacial score (nSPS) is 15.7. The summed E-state index contributed by atoms with van der Waals surface area (Å²) in [5, 5.41) is 5.93. The number of benzene rings is 2. The second-order valence-electron chi connectivity index (χ2n) is 6.73. The molecule has 1 aliphatic heterocycles. The molecule has 27 heavy (non-hydrogen) atoms. The number of para-hydroxylation sites is 1. The van der Waals surface area contributed by atoms with Crippen LogP contribution in [0.4, 0.5) is 17.1 Å². The first-order valence-electron chi connectivity index (χ1n) is 9.09. The van der Waals surface area contributed by atoms with Gasteiger partial charge in [-0.05, 0) is 43.5 Å². The zero-order chi connectivity index (χ0) is 19.4. The van der Waals surface area contributed by atoms with E-state index in [-0.39, 0.29) is 24.4 Å². The van der Waals surface area contributed by atoms with Crippen LogP contribution in [0.1, 0.15) is 25.8 Å². The van der Waals surface area contributed by atoms with Crippen LogP contribution in [0.2, 0.25) is 0 Å². The highest BCUT2D eigenvalue weighted by atomic mass is 16.5.